The molecule has 1 aliphatic rings. The van der Waals surface area contributed by atoms with E-state index in [1.165, 1.54) is 0 Å². The molecule has 1 aliphatic heterocycles. The maximum atomic E-state index is 14.5. The van der Waals surface area contributed by atoms with Crippen molar-refractivity contribution in [1.29, 1.82) is 0 Å². The van der Waals surface area contributed by atoms with Gasteiger partial charge in [-0.25, -0.2) is 14.1 Å². The smallest absolute Gasteiger partial charge is 0.191 e. The van der Waals surface area contributed by atoms with Gasteiger partial charge in [-0.2, -0.15) is 5.10 Å². The molecule has 0 saturated carbocycles. The Hall–Kier alpha value is -1.91. The molecule has 0 aliphatic carbocycles. The Labute approximate surface area is 189 Å². The summed E-state index contributed by atoms with van der Waals surface area (Å²) in [5.41, 5.74) is 1.52. The molecule has 2 heterocycles. The van der Waals surface area contributed by atoms with Crippen LogP contribution in [0.3, 0.4) is 0 Å². The molecule has 1 aromatic carbocycles. The number of anilines is 1. The zero-order chi connectivity index (χ0) is 20.1. The number of guanidine groups is 1. The minimum absolute atomic E-state index is 0. The molecule has 0 spiro atoms. The van der Waals surface area contributed by atoms with Crippen LogP contribution in [0.15, 0.2) is 23.2 Å². The molecular formula is C20H31FIN7. The fourth-order valence-electron chi connectivity index (χ4n) is 3.63. The highest BCUT2D eigenvalue weighted by Crippen LogP contribution is 2.23. The first-order valence-electron chi connectivity index (χ1n) is 9.97. The van der Waals surface area contributed by atoms with Crippen molar-refractivity contribution in [3.8, 4) is 0 Å². The number of aromatic nitrogens is 3. The predicted octanol–water partition coefficient (Wildman–Crippen LogP) is 3.39. The first-order valence-corrected chi connectivity index (χ1v) is 9.97. The summed E-state index contributed by atoms with van der Waals surface area (Å²) in [6, 6.07) is 5.47. The number of rotatable bonds is 6. The van der Waals surface area contributed by atoms with Crippen molar-refractivity contribution < 1.29 is 4.39 Å². The molecule has 0 radical (unpaired) electrons. The van der Waals surface area contributed by atoms with Crippen molar-refractivity contribution in [2.45, 2.75) is 52.7 Å². The van der Waals surface area contributed by atoms with Gasteiger partial charge < -0.3 is 15.5 Å². The molecule has 2 aromatic rings. The quantitative estimate of drug-likeness (QED) is 0.351. The molecular weight excluding hydrogens is 484 g/mol. The highest BCUT2D eigenvalue weighted by Gasteiger charge is 2.24. The summed E-state index contributed by atoms with van der Waals surface area (Å²) in [6.07, 6.45) is 2.02. The lowest BCUT2D eigenvalue weighted by atomic mass is 10.1. The Morgan fingerprint density at radius 2 is 2.10 bits per heavy atom. The summed E-state index contributed by atoms with van der Waals surface area (Å²) >= 11 is 0. The van der Waals surface area contributed by atoms with Crippen molar-refractivity contribution in [2.24, 2.45) is 4.99 Å². The zero-order valence-corrected chi connectivity index (χ0v) is 19.9. The minimum atomic E-state index is -0.193. The van der Waals surface area contributed by atoms with E-state index in [0.717, 1.165) is 49.7 Å². The number of fused-ring (bicyclic) bond motifs is 1. The van der Waals surface area contributed by atoms with Crippen molar-refractivity contribution in [2.75, 3.05) is 25.0 Å². The highest BCUT2D eigenvalue weighted by molar-refractivity contribution is 14.0. The van der Waals surface area contributed by atoms with E-state index in [1.807, 2.05) is 42.5 Å². The van der Waals surface area contributed by atoms with Gasteiger partial charge in [-0.05, 0) is 51.3 Å². The number of aliphatic imine (C=N–C) groups is 1. The molecule has 0 bridgehead atoms. The summed E-state index contributed by atoms with van der Waals surface area (Å²) in [4.78, 5) is 10.9. The summed E-state index contributed by atoms with van der Waals surface area (Å²) < 4.78 is 16.5. The molecule has 29 heavy (non-hydrogen) atoms. The Bertz CT molecular complexity index is 832. The monoisotopic (exact) mass is 515 g/mol. The lowest BCUT2D eigenvalue weighted by molar-refractivity contribution is 0.397. The van der Waals surface area contributed by atoms with Gasteiger partial charge in [0.25, 0.3) is 0 Å². The fourth-order valence-corrected chi connectivity index (χ4v) is 3.63. The molecule has 2 N–H and O–H groups in total. The number of benzene rings is 1. The van der Waals surface area contributed by atoms with Crippen LogP contribution in [0, 0.1) is 12.7 Å². The van der Waals surface area contributed by atoms with Gasteiger partial charge in [0.15, 0.2) is 5.96 Å². The van der Waals surface area contributed by atoms with Crippen LogP contribution in [0.25, 0.3) is 0 Å². The molecule has 0 fully saturated rings. The minimum Gasteiger partial charge on any atom is -0.370 e. The van der Waals surface area contributed by atoms with E-state index in [1.54, 1.807) is 13.1 Å². The van der Waals surface area contributed by atoms with Gasteiger partial charge in [-0.15, -0.1) is 24.0 Å². The van der Waals surface area contributed by atoms with E-state index in [9.17, 15) is 4.39 Å². The molecule has 3 rings (SSSR count). The van der Waals surface area contributed by atoms with Crippen LogP contribution in [0.2, 0.25) is 0 Å². The van der Waals surface area contributed by atoms with E-state index in [2.05, 4.69) is 25.7 Å². The maximum Gasteiger partial charge on any atom is 0.191 e. The summed E-state index contributed by atoms with van der Waals surface area (Å²) in [5, 5.41) is 11.1. The van der Waals surface area contributed by atoms with E-state index >= 15 is 0 Å². The first-order chi connectivity index (χ1) is 13.5. The van der Waals surface area contributed by atoms with Gasteiger partial charge in [0.2, 0.25) is 0 Å². The molecule has 0 amide bonds. The van der Waals surface area contributed by atoms with Gasteiger partial charge in [0.1, 0.15) is 17.5 Å². The van der Waals surface area contributed by atoms with Crippen LogP contribution in [-0.2, 0) is 13.1 Å². The van der Waals surface area contributed by atoms with E-state index in [4.69, 9.17) is 0 Å². The second kappa shape index (κ2) is 10.7. The SMILES string of the molecule is CCN(CC)c1ccc(CNC(=NC)NC2CCCn3nc(C)nc32)cc1F.I. The van der Waals surface area contributed by atoms with E-state index in [-0.39, 0.29) is 35.8 Å². The van der Waals surface area contributed by atoms with Crippen molar-refractivity contribution in [3.05, 3.63) is 41.2 Å². The average Bonchev–Trinajstić information content (AvgIpc) is 3.08. The lowest BCUT2D eigenvalue weighted by Gasteiger charge is -2.25. The normalized spacial score (nSPS) is 16.0. The van der Waals surface area contributed by atoms with Gasteiger partial charge in [0.05, 0.1) is 11.7 Å². The topological polar surface area (TPSA) is 70.4 Å². The Kier molecular flexibility index (Phi) is 8.66. The van der Waals surface area contributed by atoms with E-state index in [0.29, 0.717) is 18.2 Å². The zero-order valence-electron chi connectivity index (χ0n) is 17.6. The number of aryl methyl sites for hydroxylation is 2. The number of nitrogens with one attached hydrogen (secondary N) is 2. The lowest BCUT2D eigenvalue weighted by Crippen LogP contribution is -2.41. The third-order valence-corrected chi connectivity index (χ3v) is 5.09. The Morgan fingerprint density at radius 1 is 1.34 bits per heavy atom. The predicted molar refractivity (Wildman–Crippen MR) is 125 cm³/mol. The molecule has 7 nitrogen and oxygen atoms in total. The van der Waals surface area contributed by atoms with Gasteiger partial charge in [-0.1, -0.05) is 6.07 Å². The largest absolute Gasteiger partial charge is 0.370 e. The van der Waals surface area contributed by atoms with Crippen LogP contribution in [0.4, 0.5) is 10.1 Å². The molecule has 1 unspecified atom stereocenters. The first kappa shape index (κ1) is 23.4. The van der Waals surface area contributed by atoms with Gasteiger partial charge in [0, 0.05) is 33.2 Å². The van der Waals surface area contributed by atoms with Crippen LogP contribution >= 0.6 is 24.0 Å². The van der Waals surface area contributed by atoms with E-state index < -0.39 is 0 Å². The second-order valence-electron chi connectivity index (χ2n) is 6.96. The number of nitrogens with zero attached hydrogens (tertiary/aromatic N) is 5. The standard InChI is InChI=1S/C20H30FN7.HI/c1-5-27(6-2)18-10-9-15(12-16(18)21)13-23-20(22-4)25-17-8-7-11-28-19(17)24-14(3)26-28;/h9-10,12,17H,5-8,11,13H2,1-4H3,(H2,22,23,25);1H. The third-order valence-electron chi connectivity index (χ3n) is 5.09. The average molecular weight is 515 g/mol. The molecule has 1 aromatic heterocycles. The maximum absolute atomic E-state index is 14.5. The van der Waals surface area contributed by atoms with Crippen molar-refractivity contribution in [1.82, 2.24) is 25.4 Å². The highest BCUT2D eigenvalue weighted by atomic mass is 127. The van der Waals surface area contributed by atoms with Gasteiger partial charge >= 0.3 is 0 Å². The third kappa shape index (κ3) is 5.58. The Balaban J connectivity index is 0.00000300. The summed E-state index contributed by atoms with van der Waals surface area (Å²) in [6.45, 7) is 8.93. The molecule has 9 heteroatoms. The van der Waals surface area contributed by atoms with Crippen LogP contribution < -0.4 is 15.5 Å². The van der Waals surface area contributed by atoms with Crippen molar-refractivity contribution >= 4 is 35.6 Å². The van der Waals surface area contributed by atoms with Gasteiger partial charge in [-0.3, -0.25) is 4.99 Å². The summed E-state index contributed by atoms with van der Waals surface area (Å²) in [7, 11) is 1.73. The molecule has 160 valence electrons. The number of halogens is 2. The second-order valence-corrected chi connectivity index (χ2v) is 6.96. The number of hydrogen-bond donors (Lipinski definition) is 2. The number of hydrogen-bond acceptors (Lipinski definition) is 4. The molecule has 0 saturated heterocycles. The Morgan fingerprint density at radius 3 is 2.76 bits per heavy atom. The summed E-state index contributed by atoms with van der Waals surface area (Å²) in [5.74, 6) is 2.21. The molecule has 1 atom stereocenters. The fraction of sp³-hybridized carbons (Fsp3) is 0.550. The van der Waals surface area contributed by atoms with Crippen LogP contribution in [-0.4, -0.2) is 40.9 Å². The van der Waals surface area contributed by atoms with Crippen LogP contribution in [0.5, 0.6) is 0 Å². The van der Waals surface area contributed by atoms with Crippen molar-refractivity contribution in [3.63, 3.8) is 0 Å². The van der Waals surface area contributed by atoms with Crippen LogP contribution in [0.1, 0.15) is 49.9 Å².